The average molecular weight is 294 g/mol. The maximum absolute atomic E-state index is 11.9. The molecule has 0 fully saturated rings. The SMILES string of the molecule is Cn1cc(C(=O)Nc2ccccc2CBr)cn1. The second-order valence-electron chi connectivity index (χ2n) is 3.65. The number of aromatic nitrogens is 2. The molecule has 88 valence electrons. The number of benzene rings is 1. The predicted octanol–water partition coefficient (Wildman–Crippen LogP) is 2.57. The minimum atomic E-state index is -0.147. The normalized spacial score (nSPS) is 10.2. The van der Waals surface area contributed by atoms with Gasteiger partial charge in [0.15, 0.2) is 0 Å². The third kappa shape index (κ3) is 2.74. The Bertz CT molecular complexity index is 536. The van der Waals surface area contributed by atoms with E-state index in [0.717, 1.165) is 11.3 Å². The van der Waals surface area contributed by atoms with E-state index in [1.165, 1.54) is 0 Å². The predicted molar refractivity (Wildman–Crippen MR) is 70.2 cm³/mol. The molecule has 17 heavy (non-hydrogen) atoms. The van der Waals surface area contributed by atoms with Crippen molar-refractivity contribution in [2.75, 3.05) is 5.32 Å². The minimum Gasteiger partial charge on any atom is -0.322 e. The maximum atomic E-state index is 11.9. The molecule has 1 aromatic heterocycles. The summed E-state index contributed by atoms with van der Waals surface area (Å²) in [5.41, 5.74) is 2.42. The molecule has 0 saturated heterocycles. The van der Waals surface area contributed by atoms with Gasteiger partial charge in [-0.15, -0.1) is 0 Å². The van der Waals surface area contributed by atoms with Crippen LogP contribution < -0.4 is 5.32 Å². The van der Waals surface area contributed by atoms with E-state index < -0.39 is 0 Å². The molecule has 0 aliphatic carbocycles. The Kier molecular flexibility index (Phi) is 3.58. The first-order valence-corrected chi connectivity index (χ1v) is 6.26. The van der Waals surface area contributed by atoms with Gasteiger partial charge in [0.2, 0.25) is 0 Å². The number of hydrogen-bond acceptors (Lipinski definition) is 2. The first-order chi connectivity index (χ1) is 8.20. The number of anilines is 1. The van der Waals surface area contributed by atoms with E-state index in [1.807, 2.05) is 24.3 Å². The van der Waals surface area contributed by atoms with Crippen molar-refractivity contribution < 1.29 is 4.79 Å². The molecule has 0 unspecified atom stereocenters. The zero-order chi connectivity index (χ0) is 12.3. The van der Waals surface area contributed by atoms with Gasteiger partial charge in [-0.2, -0.15) is 5.10 Å². The van der Waals surface area contributed by atoms with Crippen LogP contribution in [0.15, 0.2) is 36.7 Å². The van der Waals surface area contributed by atoms with Gasteiger partial charge in [0, 0.05) is 24.3 Å². The minimum absolute atomic E-state index is 0.147. The fourth-order valence-electron chi connectivity index (χ4n) is 1.49. The molecule has 0 spiro atoms. The Morgan fingerprint density at radius 2 is 2.24 bits per heavy atom. The molecule has 0 atom stereocenters. The van der Waals surface area contributed by atoms with E-state index in [9.17, 15) is 4.79 Å². The average Bonchev–Trinajstić information content (AvgIpc) is 2.77. The van der Waals surface area contributed by atoms with E-state index >= 15 is 0 Å². The highest BCUT2D eigenvalue weighted by Crippen LogP contribution is 2.18. The summed E-state index contributed by atoms with van der Waals surface area (Å²) in [7, 11) is 1.78. The number of carbonyl (C=O) groups excluding carboxylic acids is 1. The molecular weight excluding hydrogens is 282 g/mol. The summed E-state index contributed by atoms with van der Waals surface area (Å²) in [4.78, 5) is 11.9. The summed E-state index contributed by atoms with van der Waals surface area (Å²) in [5, 5.41) is 7.54. The van der Waals surface area contributed by atoms with Gasteiger partial charge in [-0.05, 0) is 11.6 Å². The third-order valence-corrected chi connectivity index (χ3v) is 2.98. The molecule has 0 aliphatic rings. The number of rotatable bonds is 3. The van der Waals surface area contributed by atoms with Gasteiger partial charge < -0.3 is 5.32 Å². The second kappa shape index (κ2) is 5.14. The molecule has 5 heteroatoms. The molecule has 1 aromatic carbocycles. The van der Waals surface area contributed by atoms with Crippen molar-refractivity contribution in [2.45, 2.75) is 5.33 Å². The van der Waals surface area contributed by atoms with Gasteiger partial charge in [0.1, 0.15) is 0 Å². The van der Waals surface area contributed by atoms with Crippen molar-refractivity contribution in [1.82, 2.24) is 9.78 Å². The standard InChI is InChI=1S/C12H12BrN3O/c1-16-8-10(7-14-16)12(17)15-11-5-3-2-4-9(11)6-13/h2-5,7-8H,6H2,1H3,(H,15,17). The summed E-state index contributed by atoms with van der Waals surface area (Å²) in [6.07, 6.45) is 3.23. The number of aryl methyl sites for hydroxylation is 1. The van der Waals surface area contributed by atoms with Gasteiger partial charge in [-0.25, -0.2) is 0 Å². The van der Waals surface area contributed by atoms with Crippen LogP contribution in [-0.4, -0.2) is 15.7 Å². The molecule has 0 aliphatic heterocycles. The van der Waals surface area contributed by atoms with E-state index in [2.05, 4.69) is 26.3 Å². The summed E-state index contributed by atoms with van der Waals surface area (Å²) in [6.45, 7) is 0. The number of carbonyl (C=O) groups is 1. The summed E-state index contributed by atoms with van der Waals surface area (Å²) in [5.74, 6) is -0.147. The lowest BCUT2D eigenvalue weighted by molar-refractivity contribution is 0.102. The van der Waals surface area contributed by atoms with Crippen molar-refractivity contribution in [2.24, 2.45) is 7.05 Å². The Balaban J connectivity index is 2.18. The zero-order valence-corrected chi connectivity index (χ0v) is 10.9. The van der Waals surface area contributed by atoms with Crippen LogP contribution in [0.5, 0.6) is 0 Å². The molecule has 4 nitrogen and oxygen atoms in total. The first-order valence-electron chi connectivity index (χ1n) is 5.14. The van der Waals surface area contributed by atoms with Gasteiger partial charge >= 0.3 is 0 Å². The number of hydrogen-bond donors (Lipinski definition) is 1. The number of amides is 1. The third-order valence-electron chi connectivity index (χ3n) is 2.38. The van der Waals surface area contributed by atoms with E-state index in [4.69, 9.17) is 0 Å². The van der Waals surface area contributed by atoms with Crippen LogP contribution in [0.3, 0.4) is 0 Å². The van der Waals surface area contributed by atoms with Crippen LogP contribution >= 0.6 is 15.9 Å². The van der Waals surface area contributed by atoms with E-state index in [1.54, 1.807) is 24.1 Å². The highest BCUT2D eigenvalue weighted by atomic mass is 79.9. The fourth-order valence-corrected chi connectivity index (χ4v) is 1.98. The van der Waals surface area contributed by atoms with Gasteiger partial charge in [0.05, 0.1) is 11.8 Å². The summed E-state index contributed by atoms with van der Waals surface area (Å²) in [6, 6.07) is 7.68. The molecule has 0 bridgehead atoms. The zero-order valence-electron chi connectivity index (χ0n) is 9.35. The smallest absolute Gasteiger partial charge is 0.258 e. The van der Waals surface area contributed by atoms with Crippen LogP contribution in [0.2, 0.25) is 0 Å². The molecule has 2 rings (SSSR count). The maximum Gasteiger partial charge on any atom is 0.258 e. The number of nitrogens with one attached hydrogen (secondary N) is 1. The quantitative estimate of drug-likeness (QED) is 0.884. The lowest BCUT2D eigenvalue weighted by Gasteiger charge is -2.07. The van der Waals surface area contributed by atoms with Crippen molar-refractivity contribution in [3.8, 4) is 0 Å². The van der Waals surface area contributed by atoms with Crippen molar-refractivity contribution >= 4 is 27.5 Å². The Labute approximate surface area is 108 Å². The van der Waals surface area contributed by atoms with Gasteiger partial charge in [0.25, 0.3) is 5.91 Å². The van der Waals surface area contributed by atoms with Gasteiger partial charge in [-0.1, -0.05) is 34.1 Å². The topological polar surface area (TPSA) is 46.9 Å². The highest BCUT2D eigenvalue weighted by molar-refractivity contribution is 9.08. The van der Waals surface area contributed by atoms with Gasteiger partial charge in [-0.3, -0.25) is 9.48 Å². The number of alkyl halides is 1. The molecule has 1 amide bonds. The van der Waals surface area contributed by atoms with Crippen LogP contribution in [0.4, 0.5) is 5.69 Å². The van der Waals surface area contributed by atoms with Crippen molar-refractivity contribution in [3.05, 3.63) is 47.8 Å². The summed E-state index contributed by atoms with van der Waals surface area (Å²) >= 11 is 3.39. The molecule has 1 N–H and O–H groups in total. The Morgan fingerprint density at radius 1 is 1.47 bits per heavy atom. The molecule has 2 aromatic rings. The number of halogens is 1. The molecule has 0 saturated carbocycles. The number of nitrogens with zero attached hydrogens (tertiary/aromatic N) is 2. The molecular formula is C12H12BrN3O. The lowest BCUT2D eigenvalue weighted by atomic mass is 10.2. The molecule has 1 heterocycles. The Morgan fingerprint density at radius 3 is 2.88 bits per heavy atom. The second-order valence-corrected chi connectivity index (χ2v) is 4.21. The highest BCUT2D eigenvalue weighted by Gasteiger charge is 2.09. The molecule has 0 radical (unpaired) electrons. The lowest BCUT2D eigenvalue weighted by Crippen LogP contribution is -2.12. The largest absolute Gasteiger partial charge is 0.322 e. The summed E-state index contributed by atoms with van der Waals surface area (Å²) < 4.78 is 1.60. The van der Waals surface area contributed by atoms with E-state index in [-0.39, 0.29) is 5.91 Å². The fraction of sp³-hybridized carbons (Fsp3) is 0.167. The van der Waals surface area contributed by atoms with E-state index in [0.29, 0.717) is 10.9 Å². The van der Waals surface area contributed by atoms with Crippen molar-refractivity contribution in [3.63, 3.8) is 0 Å². The monoisotopic (exact) mass is 293 g/mol. The number of para-hydroxylation sites is 1. The van der Waals surface area contributed by atoms with Crippen molar-refractivity contribution in [1.29, 1.82) is 0 Å². The first kappa shape index (κ1) is 11.9. The van der Waals surface area contributed by atoms with Crippen LogP contribution in [0.25, 0.3) is 0 Å². The van der Waals surface area contributed by atoms with Crippen LogP contribution in [0.1, 0.15) is 15.9 Å². The Hall–Kier alpha value is -1.62. The van der Waals surface area contributed by atoms with Crippen LogP contribution in [0, 0.1) is 0 Å². The van der Waals surface area contributed by atoms with Crippen LogP contribution in [-0.2, 0) is 12.4 Å².